The molecule has 1 saturated heterocycles. The third kappa shape index (κ3) is 2.36. The molecule has 1 fully saturated rings. The van der Waals surface area contributed by atoms with Crippen LogP contribution >= 0.6 is 0 Å². The summed E-state index contributed by atoms with van der Waals surface area (Å²) < 4.78 is 0. The lowest BCUT2D eigenvalue weighted by Gasteiger charge is -2.23. The molecule has 0 spiro atoms. The first-order chi connectivity index (χ1) is 7.31. The zero-order chi connectivity index (χ0) is 10.7. The summed E-state index contributed by atoms with van der Waals surface area (Å²) in [6.45, 7) is 4.56. The monoisotopic (exact) mass is 206 g/mol. The highest BCUT2D eigenvalue weighted by atomic mass is 16.3. The van der Waals surface area contributed by atoms with Gasteiger partial charge in [-0.25, -0.2) is 0 Å². The van der Waals surface area contributed by atoms with Gasteiger partial charge in [0.05, 0.1) is 5.69 Å². The molecule has 2 rings (SSSR count). The van der Waals surface area contributed by atoms with Crippen LogP contribution in [0.1, 0.15) is 25.1 Å². The molecule has 0 bridgehead atoms. The van der Waals surface area contributed by atoms with E-state index in [0.717, 1.165) is 25.2 Å². The van der Waals surface area contributed by atoms with E-state index in [1.54, 1.807) is 0 Å². The number of pyridine rings is 1. The van der Waals surface area contributed by atoms with Gasteiger partial charge >= 0.3 is 0 Å². The molecule has 2 atom stereocenters. The van der Waals surface area contributed by atoms with E-state index >= 15 is 0 Å². The number of nitrogens with zero attached hydrogens (tertiary/aromatic N) is 2. The Bertz CT molecular complexity index is 302. The summed E-state index contributed by atoms with van der Waals surface area (Å²) in [6.07, 6.45) is 2.94. The number of aromatic nitrogens is 1. The highest BCUT2D eigenvalue weighted by molar-refractivity contribution is 5.08. The first-order valence-corrected chi connectivity index (χ1v) is 5.57. The van der Waals surface area contributed by atoms with Gasteiger partial charge in [0.25, 0.3) is 0 Å². The lowest BCUT2D eigenvalue weighted by molar-refractivity contribution is 0.203. The van der Waals surface area contributed by atoms with Crippen LogP contribution in [0.3, 0.4) is 0 Å². The Balaban J connectivity index is 2.00. The highest BCUT2D eigenvalue weighted by Gasteiger charge is 2.26. The lowest BCUT2D eigenvalue weighted by atomic mass is 10.1. The number of aliphatic hydroxyl groups excluding tert-OH is 1. The first kappa shape index (κ1) is 10.6. The molecule has 0 amide bonds. The second-order valence-corrected chi connectivity index (χ2v) is 4.26. The summed E-state index contributed by atoms with van der Waals surface area (Å²) in [5.74, 6) is 0.455. The number of aliphatic hydroxyl groups is 1. The number of hydrogen-bond acceptors (Lipinski definition) is 3. The van der Waals surface area contributed by atoms with Crippen molar-refractivity contribution >= 4 is 0 Å². The van der Waals surface area contributed by atoms with E-state index in [1.165, 1.54) is 0 Å². The number of hydrogen-bond donors (Lipinski definition) is 1. The Hall–Kier alpha value is -0.930. The minimum absolute atomic E-state index is 0.311. The Morgan fingerprint density at radius 1 is 1.60 bits per heavy atom. The van der Waals surface area contributed by atoms with Crippen LogP contribution in [0, 0.1) is 5.92 Å². The van der Waals surface area contributed by atoms with Crippen molar-refractivity contribution in [1.29, 1.82) is 0 Å². The Morgan fingerprint density at radius 3 is 3.07 bits per heavy atom. The van der Waals surface area contributed by atoms with Crippen molar-refractivity contribution in [2.75, 3.05) is 19.7 Å². The predicted molar refractivity (Wildman–Crippen MR) is 59.4 cm³/mol. The second-order valence-electron chi connectivity index (χ2n) is 4.26. The summed E-state index contributed by atoms with van der Waals surface area (Å²) in [5.41, 5.74) is 1.12. The van der Waals surface area contributed by atoms with Gasteiger partial charge in [-0.2, -0.15) is 0 Å². The number of likely N-dealkylation sites (tertiary alicyclic amines) is 1. The van der Waals surface area contributed by atoms with Crippen LogP contribution in [-0.2, 0) is 0 Å². The van der Waals surface area contributed by atoms with Crippen LogP contribution in [0.15, 0.2) is 24.4 Å². The van der Waals surface area contributed by atoms with Crippen LogP contribution in [0.4, 0.5) is 0 Å². The van der Waals surface area contributed by atoms with E-state index in [2.05, 4.69) is 22.9 Å². The fourth-order valence-electron chi connectivity index (χ4n) is 2.17. The molecular weight excluding hydrogens is 188 g/mol. The minimum Gasteiger partial charge on any atom is -0.396 e. The smallest absolute Gasteiger partial charge is 0.0572 e. The van der Waals surface area contributed by atoms with E-state index in [1.807, 2.05) is 18.3 Å². The fraction of sp³-hybridized carbons (Fsp3) is 0.583. The number of rotatable bonds is 3. The third-order valence-corrected chi connectivity index (χ3v) is 3.24. The van der Waals surface area contributed by atoms with Crippen molar-refractivity contribution in [1.82, 2.24) is 9.88 Å². The molecule has 0 saturated carbocycles. The molecule has 3 heteroatoms. The van der Waals surface area contributed by atoms with Crippen molar-refractivity contribution in [2.24, 2.45) is 5.92 Å². The summed E-state index contributed by atoms with van der Waals surface area (Å²) in [4.78, 5) is 6.76. The quantitative estimate of drug-likeness (QED) is 0.813. The second kappa shape index (κ2) is 4.73. The fourth-order valence-corrected chi connectivity index (χ4v) is 2.17. The van der Waals surface area contributed by atoms with Crippen molar-refractivity contribution in [3.8, 4) is 0 Å². The van der Waals surface area contributed by atoms with E-state index in [0.29, 0.717) is 18.6 Å². The topological polar surface area (TPSA) is 36.4 Å². The van der Waals surface area contributed by atoms with Gasteiger partial charge in [-0.15, -0.1) is 0 Å². The van der Waals surface area contributed by atoms with E-state index in [4.69, 9.17) is 5.11 Å². The molecule has 1 aliphatic heterocycles. The molecule has 3 nitrogen and oxygen atoms in total. The maximum Gasteiger partial charge on any atom is 0.0572 e. The summed E-state index contributed by atoms with van der Waals surface area (Å²) in [6, 6.07) is 6.40. The van der Waals surface area contributed by atoms with Crippen molar-refractivity contribution in [3.63, 3.8) is 0 Å². The Morgan fingerprint density at radius 2 is 2.47 bits per heavy atom. The SMILES string of the molecule is C[C@H](c1ccccn1)N1CC[C@@H](CO)C1. The molecule has 0 radical (unpaired) electrons. The van der Waals surface area contributed by atoms with Gasteiger partial charge in [-0.3, -0.25) is 9.88 Å². The van der Waals surface area contributed by atoms with Crippen LogP contribution in [-0.4, -0.2) is 34.7 Å². The molecular formula is C12H18N2O. The molecule has 1 aromatic rings. The summed E-state index contributed by atoms with van der Waals surface area (Å²) in [7, 11) is 0. The van der Waals surface area contributed by atoms with Gasteiger partial charge in [0, 0.05) is 25.4 Å². The van der Waals surface area contributed by atoms with Gasteiger partial charge in [0.2, 0.25) is 0 Å². The van der Waals surface area contributed by atoms with Gasteiger partial charge in [-0.1, -0.05) is 6.07 Å². The predicted octanol–water partition coefficient (Wildman–Crippen LogP) is 1.46. The molecule has 1 aromatic heterocycles. The maximum absolute atomic E-state index is 9.09. The molecule has 1 N–H and O–H groups in total. The third-order valence-electron chi connectivity index (χ3n) is 3.24. The minimum atomic E-state index is 0.311. The Kier molecular flexibility index (Phi) is 3.34. The van der Waals surface area contributed by atoms with Crippen molar-refractivity contribution in [3.05, 3.63) is 30.1 Å². The largest absolute Gasteiger partial charge is 0.396 e. The average molecular weight is 206 g/mol. The van der Waals surface area contributed by atoms with Crippen molar-refractivity contribution < 1.29 is 5.11 Å². The van der Waals surface area contributed by atoms with E-state index in [-0.39, 0.29) is 0 Å². The molecule has 2 heterocycles. The van der Waals surface area contributed by atoms with Crippen LogP contribution in [0.2, 0.25) is 0 Å². The van der Waals surface area contributed by atoms with Crippen LogP contribution < -0.4 is 0 Å². The molecule has 15 heavy (non-hydrogen) atoms. The standard InChI is InChI=1S/C12H18N2O/c1-10(12-4-2-3-6-13-12)14-7-5-11(8-14)9-15/h2-4,6,10-11,15H,5,7-9H2,1H3/t10-,11-/m1/s1. The molecule has 82 valence electrons. The zero-order valence-electron chi connectivity index (χ0n) is 9.13. The van der Waals surface area contributed by atoms with Crippen LogP contribution in [0.5, 0.6) is 0 Å². The lowest BCUT2D eigenvalue weighted by Crippen LogP contribution is -2.25. The zero-order valence-corrected chi connectivity index (χ0v) is 9.13. The summed E-state index contributed by atoms with van der Waals surface area (Å²) in [5, 5.41) is 9.09. The van der Waals surface area contributed by atoms with Gasteiger partial charge in [0.1, 0.15) is 0 Å². The van der Waals surface area contributed by atoms with Gasteiger partial charge < -0.3 is 5.11 Å². The maximum atomic E-state index is 9.09. The van der Waals surface area contributed by atoms with Crippen molar-refractivity contribution in [2.45, 2.75) is 19.4 Å². The highest BCUT2D eigenvalue weighted by Crippen LogP contribution is 2.25. The molecule has 0 aromatic carbocycles. The summed E-state index contributed by atoms with van der Waals surface area (Å²) >= 11 is 0. The molecule has 1 aliphatic rings. The van der Waals surface area contributed by atoms with Gasteiger partial charge in [-0.05, 0) is 37.9 Å². The van der Waals surface area contributed by atoms with Gasteiger partial charge in [0.15, 0.2) is 0 Å². The molecule has 0 aliphatic carbocycles. The normalized spacial score (nSPS) is 24.3. The van der Waals surface area contributed by atoms with E-state index in [9.17, 15) is 0 Å². The molecule has 0 unspecified atom stereocenters. The van der Waals surface area contributed by atoms with Crippen LogP contribution in [0.25, 0.3) is 0 Å². The first-order valence-electron chi connectivity index (χ1n) is 5.57. The van der Waals surface area contributed by atoms with E-state index < -0.39 is 0 Å². The Labute approximate surface area is 90.8 Å². The average Bonchev–Trinajstić information content (AvgIpc) is 2.78.